The third-order valence-electron chi connectivity index (χ3n) is 4.41. The zero-order chi connectivity index (χ0) is 20.1. The summed E-state index contributed by atoms with van der Waals surface area (Å²) < 4.78 is 1.54. The number of aromatic nitrogens is 2. The Kier molecular flexibility index (Phi) is 5.89. The third-order valence-corrected chi connectivity index (χ3v) is 4.41. The second kappa shape index (κ2) is 8.52. The molecule has 144 valence electrons. The fraction of sp³-hybridized carbons (Fsp3) is 0.227. The van der Waals surface area contributed by atoms with E-state index in [0.29, 0.717) is 12.1 Å². The second-order valence-corrected chi connectivity index (χ2v) is 6.79. The fourth-order valence-corrected chi connectivity index (χ4v) is 2.99. The van der Waals surface area contributed by atoms with Gasteiger partial charge in [-0.15, -0.1) is 0 Å². The van der Waals surface area contributed by atoms with Gasteiger partial charge in [0, 0.05) is 17.6 Å². The molecule has 2 N–H and O–H groups in total. The molecule has 0 bridgehead atoms. The fourth-order valence-electron chi connectivity index (χ4n) is 2.99. The van der Waals surface area contributed by atoms with E-state index in [2.05, 4.69) is 15.7 Å². The Morgan fingerprint density at radius 3 is 2.14 bits per heavy atom. The lowest BCUT2D eigenvalue weighted by atomic mass is 10.2. The van der Waals surface area contributed by atoms with Gasteiger partial charge in [0.2, 0.25) is 5.91 Å². The minimum absolute atomic E-state index is 0.165. The highest BCUT2D eigenvalue weighted by atomic mass is 16.2. The highest BCUT2D eigenvalue weighted by Gasteiger charge is 2.21. The van der Waals surface area contributed by atoms with E-state index in [-0.39, 0.29) is 17.5 Å². The van der Waals surface area contributed by atoms with Crippen molar-refractivity contribution in [2.24, 2.45) is 0 Å². The van der Waals surface area contributed by atoms with Gasteiger partial charge in [-0.1, -0.05) is 31.2 Å². The lowest BCUT2D eigenvalue weighted by Gasteiger charge is -2.16. The molecule has 0 saturated carbocycles. The van der Waals surface area contributed by atoms with Gasteiger partial charge >= 0.3 is 0 Å². The van der Waals surface area contributed by atoms with Crippen LogP contribution in [0, 0.1) is 13.8 Å². The monoisotopic (exact) mass is 376 g/mol. The van der Waals surface area contributed by atoms with Gasteiger partial charge in [-0.3, -0.25) is 14.3 Å². The number of amides is 2. The number of hydrogen-bond acceptors (Lipinski definition) is 3. The van der Waals surface area contributed by atoms with Crippen LogP contribution in [0.15, 0.2) is 60.8 Å². The quantitative estimate of drug-likeness (QED) is 0.672. The van der Waals surface area contributed by atoms with Gasteiger partial charge in [-0.25, -0.2) is 0 Å². The molecular weight excluding hydrogens is 352 g/mol. The molecule has 1 heterocycles. The molecule has 6 nitrogen and oxygen atoms in total. The number of nitrogens with zero attached hydrogens (tertiary/aromatic N) is 2. The Morgan fingerprint density at radius 1 is 0.964 bits per heavy atom. The average Bonchev–Trinajstić information content (AvgIpc) is 3.12. The van der Waals surface area contributed by atoms with E-state index in [9.17, 15) is 9.59 Å². The topological polar surface area (TPSA) is 76.0 Å². The average molecular weight is 376 g/mol. The smallest absolute Gasteiger partial charge is 0.276 e. The van der Waals surface area contributed by atoms with Crippen molar-refractivity contribution in [1.82, 2.24) is 9.78 Å². The van der Waals surface area contributed by atoms with Crippen LogP contribution in [0.1, 0.15) is 41.0 Å². The Labute approximate surface area is 164 Å². The number of carbonyl (C=O) groups excluding carboxylic acids is 2. The molecule has 1 atom stereocenters. The number of hydrogen-bond donors (Lipinski definition) is 2. The molecule has 0 unspecified atom stereocenters. The number of aryl methyl sites for hydroxylation is 2. The number of benzene rings is 2. The van der Waals surface area contributed by atoms with Crippen molar-refractivity contribution < 1.29 is 9.59 Å². The van der Waals surface area contributed by atoms with Crippen molar-refractivity contribution in [2.45, 2.75) is 33.2 Å². The highest BCUT2D eigenvalue weighted by Crippen LogP contribution is 2.17. The van der Waals surface area contributed by atoms with E-state index >= 15 is 0 Å². The van der Waals surface area contributed by atoms with Crippen LogP contribution < -0.4 is 10.6 Å². The van der Waals surface area contributed by atoms with Crippen molar-refractivity contribution in [3.63, 3.8) is 0 Å². The molecule has 2 aromatic carbocycles. The molecule has 0 fully saturated rings. The van der Waals surface area contributed by atoms with Gasteiger partial charge in [0.05, 0.1) is 0 Å². The molecule has 3 rings (SSSR count). The van der Waals surface area contributed by atoms with Crippen molar-refractivity contribution in [1.29, 1.82) is 0 Å². The standard InChI is InChI=1S/C22H24N4O2/c1-4-20(22(28)24-18-10-6-8-16(3)14-18)26-12-11-19(25-26)21(27)23-17-9-5-7-15(2)13-17/h5-14,20H,4H2,1-3H3,(H,23,27)(H,24,28)/t20-/m0/s1. The van der Waals surface area contributed by atoms with E-state index in [0.717, 1.165) is 16.8 Å². The van der Waals surface area contributed by atoms with E-state index in [1.54, 1.807) is 12.3 Å². The molecule has 0 radical (unpaired) electrons. The molecule has 2 amide bonds. The summed E-state index contributed by atoms with van der Waals surface area (Å²) in [5.74, 6) is -0.472. The first kappa shape index (κ1) is 19.4. The minimum Gasteiger partial charge on any atom is -0.324 e. The van der Waals surface area contributed by atoms with E-state index in [4.69, 9.17) is 0 Å². The lowest BCUT2D eigenvalue weighted by Crippen LogP contribution is -2.26. The second-order valence-electron chi connectivity index (χ2n) is 6.79. The SMILES string of the molecule is CC[C@@H](C(=O)Nc1cccc(C)c1)n1ccc(C(=O)Nc2cccc(C)c2)n1. The Hall–Kier alpha value is -3.41. The van der Waals surface area contributed by atoms with Crippen LogP contribution in [-0.2, 0) is 4.79 Å². The van der Waals surface area contributed by atoms with Crippen LogP contribution in [-0.4, -0.2) is 21.6 Å². The normalized spacial score (nSPS) is 11.7. The van der Waals surface area contributed by atoms with Gasteiger partial charge in [-0.2, -0.15) is 5.10 Å². The van der Waals surface area contributed by atoms with E-state index in [1.165, 1.54) is 4.68 Å². The highest BCUT2D eigenvalue weighted by molar-refractivity contribution is 6.03. The summed E-state index contributed by atoms with van der Waals surface area (Å²) in [5.41, 5.74) is 3.85. The predicted octanol–water partition coefficient (Wildman–Crippen LogP) is 4.34. The molecule has 6 heteroatoms. The summed E-state index contributed by atoms with van der Waals surface area (Å²) in [4.78, 5) is 25.2. The number of anilines is 2. The lowest BCUT2D eigenvalue weighted by molar-refractivity contribution is -0.119. The van der Waals surface area contributed by atoms with Crippen molar-refractivity contribution >= 4 is 23.2 Å². The summed E-state index contributed by atoms with van der Waals surface area (Å²) in [5, 5.41) is 10.1. The largest absolute Gasteiger partial charge is 0.324 e. The Balaban J connectivity index is 1.71. The minimum atomic E-state index is -0.499. The van der Waals surface area contributed by atoms with Gasteiger partial charge in [0.15, 0.2) is 5.69 Å². The summed E-state index contributed by atoms with van der Waals surface area (Å²) in [6.07, 6.45) is 2.22. The first-order valence-electron chi connectivity index (χ1n) is 9.27. The van der Waals surface area contributed by atoms with Gasteiger partial charge in [0.25, 0.3) is 5.91 Å². The van der Waals surface area contributed by atoms with Crippen LogP contribution in [0.5, 0.6) is 0 Å². The van der Waals surface area contributed by atoms with Crippen molar-refractivity contribution in [3.8, 4) is 0 Å². The molecule has 28 heavy (non-hydrogen) atoms. The van der Waals surface area contributed by atoms with Crippen molar-refractivity contribution in [3.05, 3.63) is 77.6 Å². The molecular formula is C22H24N4O2. The molecule has 0 spiro atoms. The zero-order valence-electron chi connectivity index (χ0n) is 16.3. The summed E-state index contributed by atoms with van der Waals surface area (Å²) in [6, 6.07) is 16.3. The Morgan fingerprint density at radius 2 is 1.57 bits per heavy atom. The molecule has 1 aromatic heterocycles. The molecule has 0 saturated heterocycles. The van der Waals surface area contributed by atoms with Gasteiger partial charge in [-0.05, 0) is 61.7 Å². The molecule has 0 aliphatic heterocycles. The van der Waals surface area contributed by atoms with Crippen LogP contribution in [0.25, 0.3) is 0 Å². The van der Waals surface area contributed by atoms with Gasteiger partial charge < -0.3 is 10.6 Å². The number of rotatable bonds is 6. The number of nitrogens with one attached hydrogen (secondary N) is 2. The molecule has 0 aliphatic rings. The third kappa shape index (κ3) is 4.65. The summed E-state index contributed by atoms with van der Waals surface area (Å²) in [7, 11) is 0. The van der Waals surface area contributed by atoms with Gasteiger partial charge in [0.1, 0.15) is 6.04 Å². The first-order valence-corrected chi connectivity index (χ1v) is 9.27. The molecule has 0 aliphatic carbocycles. The maximum absolute atomic E-state index is 12.7. The van der Waals surface area contributed by atoms with Crippen LogP contribution >= 0.6 is 0 Å². The van der Waals surface area contributed by atoms with Crippen LogP contribution in [0.2, 0.25) is 0 Å². The first-order chi connectivity index (χ1) is 13.5. The van der Waals surface area contributed by atoms with Crippen LogP contribution in [0.4, 0.5) is 11.4 Å². The number of carbonyl (C=O) groups is 2. The summed E-state index contributed by atoms with van der Waals surface area (Å²) >= 11 is 0. The maximum atomic E-state index is 12.7. The zero-order valence-corrected chi connectivity index (χ0v) is 16.3. The van der Waals surface area contributed by atoms with E-state index < -0.39 is 6.04 Å². The predicted molar refractivity (Wildman–Crippen MR) is 110 cm³/mol. The summed E-state index contributed by atoms with van der Waals surface area (Å²) in [6.45, 7) is 5.84. The maximum Gasteiger partial charge on any atom is 0.276 e. The van der Waals surface area contributed by atoms with E-state index in [1.807, 2.05) is 69.3 Å². The van der Waals surface area contributed by atoms with Crippen LogP contribution in [0.3, 0.4) is 0 Å². The van der Waals surface area contributed by atoms with Crippen molar-refractivity contribution in [2.75, 3.05) is 10.6 Å². The Bertz CT molecular complexity index is 993. The molecule has 3 aromatic rings.